The number of fused-ring (bicyclic) bond motifs is 1. The van der Waals surface area contributed by atoms with Gasteiger partial charge in [-0.15, -0.1) is 0 Å². The summed E-state index contributed by atoms with van der Waals surface area (Å²) in [4.78, 5) is 27.1. The monoisotopic (exact) mass is 488 g/mol. The number of nitriles is 2. The Morgan fingerprint density at radius 2 is 1.76 bits per heavy atom. The van der Waals surface area contributed by atoms with Crippen LogP contribution in [0.15, 0.2) is 36.4 Å². The van der Waals surface area contributed by atoms with Crippen LogP contribution < -0.4 is 4.90 Å². The summed E-state index contributed by atoms with van der Waals surface area (Å²) >= 11 is 0. The van der Waals surface area contributed by atoms with Crippen molar-refractivity contribution in [3.05, 3.63) is 53.3 Å². The fourth-order valence-electron chi connectivity index (χ4n) is 5.90. The first kappa shape index (κ1) is 22.2. The highest BCUT2D eigenvalue weighted by Gasteiger charge is 2.45. The lowest BCUT2D eigenvalue weighted by molar-refractivity contribution is -0.135. The largest absolute Gasteiger partial charge is 0.352 e. The molecule has 1 aromatic carbocycles. The molecule has 3 aromatic rings. The van der Waals surface area contributed by atoms with Crippen molar-refractivity contribution in [1.29, 1.82) is 10.5 Å². The highest BCUT2D eigenvalue weighted by molar-refractivity contribution is 5.96. The molecule has 37 heavy (non-hydrogen) atoms. The minimum absolute atomic E-state index is 0.220. The fourth-order valence-corrected chi connectivity index (χ4v) is 5.90. The van der Waals surface area contributed by atoms with Crippen molar-refractivity contribution in [2.75, 3.05) is 24.5 Å². The molecule has 184 valence electrons. The summed E-state index contributed by atoms with van der Waals surface area (Å²) in [6.07, 6.45) is 6.62. The molecule has 1 amide bonds. The summed E-state index contributed by atoms with van der Waals surface area (Å²) in [5.74, 6) is 2.30. The topological polar surface area (TPSA) is 96.9 Å². The van der Waals surface area contributed by atoms with Crippen LogP contribution in [0.5, 0.6) is 0 Å². The van der Waals surface area contributed by atoms with Gasteiger partial charge in [0.1, 0.15) is 23.7 Å². The van der Waals surface area contributed by atoms with E-state index in [1.807, 2.05) is 24.3 Å². The normalized spacial score (nSPS) is 21.5. The highest BCUT2D eigenvalue weighted by Crippen LogP contribution is 2.46. The van der Waals surface area contributed by atoms with E-state index >= 15 is 0 Å². The van der Waals surface area contributed by atoms with E-state index in [-0.39, 0.29) is 12.0 Å². The van der Waals surface area contributed by atoms with Crippen molar-refractivity contribution >= 4 is 22.6 Å². The van der Waals surface area contributed by atoms with E-state index in [0.29, 0.717) is 42.1 Å². The molecule has 0 radical (unpaired) electrons. The van der Waals surface area contributed by atoms with Crippen LogP contribution in [0.4, 0.5) is 5.82 Å². The van der Waals surface area contributed by atoms with Gasteiger partial charge in [-0.2, -0.15) is 10.5 Å². The third-order valence-corrected chi connectivity index (χ3v) is 8.35. The van der Waals surface area contributed by atoms with Crippen molar-refractivity contribution in [3.63, 3.8) is 0 Å². The third kappa shape index (κ3) is 4.00. The Balaban J connectivity index is 1.28. The van der Waals surface area contributed by atoms with Gasteiger partial charge in [-0.25, -0.2) is 9.97 Å². The first-order valence-corrected chi connectivity index (χ1v) is 13.5. The Morgan fingerprint density at radius 3 is 2.46 bits per heavy atom. The van der Waals surface area contributed by atoms with Crippen molar-refractivity contribution < 1.29 is 4.79 Å². The van der Waals surface area contributed by atoms with Crippen LogP contribution in [0.25, 0.3) is 22.0 Å². The van der Waals surface area contributed by atoms with E-state index in [0.717, 1.165) is 65.8 Å². The van der Waals surface area contributed by atoms with E-state index in [1.165, 1.54) is 12.8 Å². The van der Waals surface area contributed by atoms with Crippen LogP contribution in [0.2, 0.25) is 0 Å². The average Bonchev–Trinajstić information content (AvgIpc) is 3.80. The van der Waals surface area contributed by atoms with Gasteiger partial charge in [0.2, 0.25) is 5.91 Å². The lowest BCUT2D eigenvalue weighted by atomic mass is 9.95. The standard InChI is InChI=1S/C30H28N6O/c31-15-21-14-25(23-2-1-3-26-24(23)11-10-22(16-32)33-26)28(19-6-7-19)34-29(21)35-12-13-36(30(37)20-8-9-20)27(17-35)18-4-5-18/h1-3,10-11,14,18-20,27H,4-9,12-13,17H2. The molecule has 3 saturated carbocycles. The zero-order valence-electron chi connectivity index (χ0n) is 20.7. The average molecular weight is 489 g/mol. The van der Waals surface area contributed by atoms with Gasteiger partial charge in [0, 0.05) is 42.4 Å². The lowest BCUT2D eigenvalue weighted by Crippen LogP contribution is -2.57. The summed E-state index contributed by atoms with van der Waals surface area (Å²) in [6, 6.07) is 16.4. The number of pyridine rings is 2. The molecular formula is C30H28N6O. The van der Waals surface area contributed by atoms with Crippen molar-refractivity contribution in [1.82, 2.24) is 14.9 Å². The van der Waals surface area contributed by atoms with Crippen LogP contribution >= 0.6 is 0 Å². The van der Waals surface area contributed by atoms with E-state index in [9.17, 15) is 15.3 Å². The van der Waals surface area contributed by atoms with Crippen LogP contribution in [-0.2, 0) is 4.79 Å². The summed E-state index contributed by atoms with van der Waals surface area (Å²) < 4.78 is 0. The molecule has 1 saturated heterocycles. The molecule has 1 aliphatic heterocycles. The van der Waals surface area contributed by atoms with E-state index < -0.39 is 0 Å². The van der Waals surface area contributed by atoms with Gasteiger partial charge in [0.05, 0.1) is 22.8 Å². The molecule has 0 spiro atoms. The Bertz CT molecular complexity index is 1500. The van der Waals surface area contributed by atoms with Crippen LogP contribution in [0, 0.1) is 34.5 Å². The molecule has 3 heterocycles. The van der Waals surface area contributed by atoms with Crippen LogP contribution in [0.3, 0.4) is 0 Å². The summed E-state index contributed by atoms with van der Waals surface area (Å²) in [7, 11) is 0. The van der Waals surface area contributed by atoms with E-state index in [2.05, 4.69) is 33.0 Å². The molecule has 0 N–H and O–H groups in total. The predicted octanol–water partition coefficient (Wildman–Crippen LogP) is 4.75. The number of anilines is 1. The number of aromatic nitrogens is 2. The molecule has 1 unspecified atom stereocenters. The smallest absolute Gasteiger partial charge is 0.226 e. The summed E-state index contributed by atoms with van der Waals surface area (Å²) in [6.45, 7) is 2.17. The van der Waals surface area contributed by atoms with E-state index in [1.54, 1.807) is 6.07 Å². The number of hydrogen-bond acceptors (Lipinski definition) is 6. The third-order valence-electron chi connectivity index (χ3n) is 8.35. The van der Waals surface area contributed by atoms with Crippen molar-refractivity contribution in [2.45, 2.75) is 50.5 Å². The second kappa shape index (κ2) is 8.56. The number of carbonyl (C=O) groups excluding carboxylic acids is 1. The quantitative estimate of drug-likeness (QED) is 0.514. The second-order valence-electron chi connectivity index (χ2n) is 11.0. The molecule has 0 bridgehead atoms. The van der Waals surface area contributed by atoms with Gasteiger partial charge in [-0.3, -0.25) is 4.79 Å². The second-order valence-corrected chi connectivity index (χ2v) is 11.0. The summed E-state index contributed by atoms with van der Waals surface area (Å²) in [5.41, 5.74) is 4.77. The molecule has 3 aliphatic carbocycles. The van der Waals surface area contributed by atoms with Gasteiger partial charge in [-0.05, 0) is 74.3 Å². The zero-order chi connectivity index (χ0) is 25.1. The molecule has 4 fully saturated rings. The Morgan fingerprint density at radius 1 is 0.919 bits per heavy atom. The number of piperazine rings is 1. The predicted molar refractivity (Wildman–Crippen MR) is 140 cm³/mol. The molecule has 7 heteroatoms. The number of nitrogens with zero attached hydrogens (tertiary/aromatic N) is 6. The number of benzene rings is 1. The van der Waals surface area contributed by atoms with Gasteiger partial charge in [0.25, 0.3) is 0 Å². The van der Waals surface area contributed by atoms with Crippen LogP contribution in [-0.4, -0.2) is 46.5 Å². The number of hydrogen-bond donors (Lipinski definition) is 0. The Hall–Kier alpha value is -3.97. The molecular weight excluding hydrogens is 460 g/mol. The number of amides is 1. The molecule has 2 aromatic heterocycles. The maximum Gasteiger partial charge on any atom is 0.226 e. The Kier molecular flexibility index (Phi) is 5.15. The molecule has 4 aliphatic rings. The highest BCUT2D eigenvalue weighted by atomic mass is 16.2. The first-order valence-electron chi connectivity index (χ1n) is 13.5. The maximum atomic E-state index is 13.0. The van der Waals surface area contributed by atoms with Crippen LogP contribution in [0.1, 0.15) is 61.4 Å². The van der Waals surface area contributed by atoms with Gasteiger partial charge >= 0.3 is 0 Å². The molecule has 1 atom stereocenters. The number of rotatable bonds is 5. The minimum Gasteiger partial charge on any atom is -0.352 e. The van der Waals surface area contributed by atoms with Gasteiger partial charge < -0.3 is 9.80 Å². The SMILES string of the molecule is N#Cc1ccc2c(-c3cc(C#N)c(N4CCN(C(=O)C5CC5)C(C5CC5)C4)nc3C3CC3)cccc2n1. The Labute approximate surface area is 216 Å². The van der Waals surface area contributed by atoms with E-state index in [4.69, 9.17) is 4.98 Å². The van der Waals surface area contributed by atoms with Crippen molar-refractivity contribution in [3.8, 4) is 23.3 Å². The van der Waals surface area contributed by atoms with Gasteiger partial charge in [0.15, 0.2) is 0 Å². The number of carbonyl (C=O) groups is 1. The maximum absolute atomic E-state index is 13.0. The summed E-state index contributed by atoms with van der Waals surface area (Å²) in [5, 5.41) is 20.5. The van der Waals surface area contributed by atoms with Crippen molar-refractivity contribution in [2.24, 2.45) is 11.8 Å². The minimum atomic E-state index is 0.220. The van der Waals surface area contributed by atoms with Gasteiger partial charge in [-0.1, -0.05) is 12.1 Å². The lowest BCUT2D eigenvalue weighted by Gasteiger charge is -2.43. The first-order chi connectivity index (χ1) is 18.1. The molecule has 7 rings (SSSR count). The fraction of sp³-hybridized carbons (Fsp3) is 0.433. The zero-order valence-corrected chi connectivity index (χ0v) is 20.7. The molecule has 7 nitrogen and oxygen atoms in total.